The molecule has 1 heterocycles. The zero-order valence-corrected chi connectivity index (χ0v) is 17.7. The first-order valence-corrected chi connectivity index (χ1v) is 11.5. The van der Waals surface area contributed by atoms with Crippen molar-refractivity contribution in [3.8, 4) is 5.75 Å². The second-order valence-electron chi connectivity index (χ2n) is 8.23. The van der Waals surface area contributed by atoms with Crippen LogP contribution in [-0.4, -0.2) is 31.9 Å². The van der Waals surface area contributed by atoms with Gasteiger partial charge >= 0.3 is 0 Å². The van der Waals surface area contributed by atoms with Gasteiger partial charge in [0.05, 0.1) is 10.9 Å². The predicted molar refractivity (Wildman–Crippen MR) is 119 cm³/mol. The quantitative estimate of drug-likeness (QED) is 0.607. The Kier molecular flexibility index (Phi) is 4.38. The van der Waals surface area contributed by atoms with Crippen molar-refractivity contribution in [3.05, 3.63) is 77.9 Å². The smallest absolute Gasteiger partial charge is 0.242 e. The molecule has 1 aliphatic carbocycles. The first-order chi connectivity index (χ1) is 14.4. The fourth-order valence-corrected chi connectivity index (χ4v) is 5.78. The third kappa shape index (κ3) is 2.82. The molecule has 5 nitrogen and oxygen atoms in total. The van der Waals surface area contributed by atoms with Gasteiger partial charge in [-0.25, -0.2) is 12.7 Å². The molecule has 5 rings (SSSR count). The lowest BCUT2D eigenvalue weighted by Gasteiger charge is -2.38. The number of phenols is 1. The number of aromatic hydroxyl groups is 1. The SMILES string of the molecule is CN(C)S(=O)(=O)c1ccc2c(c1)C1C=CCC1C(c1c(O)ccc3ccccc13)N2. The van der Waals surface area contributed by atoms with Gasteiger partial charge in [0, 0.05) is 31.3 Å². The number of anilines is 1. The van der Waals surface area contributed by atoms with E-state index in [1.54, 1.807) is 32.3 Å². The van der Waals surface area contributed by atoms with Gasteiger partial charge in [0.15, 0.2) is 0 Å². The van der Waals surface area contributed by atoms with Crippen LogP contribution in [-0.2, 0) is 10.0 Å². The zero-order valence-electron chi connectivity index (χ0n) is 16.9. The van der Waals surface area contributed by atoms with Crippen LogP contribution in [0, 0.1) is 5.92 Å². The molecule has 30 heavy (non-hydrogen) atoms. The first kappa shape index (κ1) is 19.2. The van der Waals surface area contributed by atoms with Crippen molar-refractivity contribution in [1.29, 1.82) is 0 Å². The van der Waals surface area contributed by atoms with Gasteiger partial charge < -0.3 is 10.4 Å². The van der Waals surface area contributed by atoms with E-state index in [1.807, 2.05) is 30.3 Å². The summed E-state index contributed by atoms with van der Waals surface area (Å²) in [7, 11) is -0.406. The highest BCUT2D eigenvalue weighted by Gasteiger charge is 2.40. The number of nitrogens with one attached hydrogen (secondary N) is 1. The molecule has 0 amide bonds. The van der Waals surface area contributed by atoms with Gasteiger partial charge in [0.1, 0.15) is 5.75 Å². The maximum atomic E-state index is 12.6. The van der Waals surface area contributed by atoms with Crippen molar-refractivity contribution in [2.45, 2.75) is 23.3 Å². The van der Waals surface area contributed by atoms with Crippen LogP contribution in [0.25, 0.3) is 10.8 Å². The number of allylic oxidation sites excluding steroid dienone is 2. The molecule has 0 saturated carbocycles. The summed E-state index contributed by atoms with van der Waals surface area (Å²) < 4.78 is 26.5. The number of nitrogens with zero attached hydrogens (tertiary/aromatic N) is 1. The summed E-state index contributed by atoms with van der Waals surface area (Å²) in [5.74, 6) is 0.584. The molecule has 0 saturated heterocycles. The predicted octanol–water partition coefficient (Wildman–Crippen LogP) is 4.62. The van der Waals surface area contributed by atoms with E-state index in [9.17, 15) is 13.5 Å². The third-order valence-electron chi connectivity index (χ3n) is 6.37. The molecule has 3 aromatic carbocycles. The van der Waals surface area contributed by atoms with Crippen LogP contribution in [0.2, 0.25) is 0 Å². The van der Waals surface area contributed by atoms with Crippen LogP contribution in [0.15, 0.2) is 71.6 Å². The second-order valence-corrected chi connectivity index (χ2v) is 10.4. The van der Waals surface area contributed by atoms with Crippen LogP contribution in [0.5, 0.6) is 5.75 Å². The largest absolute Gasteiger partial charge is 0.508 e. The maximum Gasteiger partial charge on any atom is 0.242 e. The van der Waals surface area contributed by atoms with Crippen LogP contribution in [0.3, 0.4) is 0 Å². The van der Waals surface area contributed by atoms with Gasteiger partial charge in [-0.15, -0.1) is 0 Å². The van der Waals surface area contributed by atoms with Gasteiger partial charge in [-0.05, 0) is 52.9 Å². The lowest BCUT2D eigenvalue weighted by atomic mass is 9.76. The van der Waals surface area contributed by atoms with Gasteiger partial charge in [-0.1, -0.05) is 42.5 Å². The van der Waals surface area contributed by atoms with Crippen molar-refractivity contribution < 1.29 is 13.5 Å². The number of sulfonamides is 1. The molecule has 2 aliphatic rings. The van der Waals surface area contributed by atoms with Crippen LogP contribution in [0.1, 0.15) is 29.5 Å². The van der Waals surface area contributed by atoms with Gasteiger partial charge in [-0.2, -0.15) is 0 Å². The topological polar surface area (TPSA) is 69.6 Å². The summed E-state index contributed by atoms with van der Waals surface area (Å²) in [6.45, 7) is 0. The van der Waals surface area contributed by atoms with Crippen molar-refractivity contribution >= 4 is 26.5 Å². The number of benzene rings is 3. The summed E-state index contributed by atoms with van der Waals surface area (Å²) in [5, 5.41) is 16.5. The van der Waals surface area contributed by atoms with E-state index in [4.69, 9.17) is 0 Å². The van der Waals surface area contributed by atoms with Crippen molar-refractivity contribution in [3.63, 3.8) is 0 Å². The molecule has 3 aromatic rings. The molecular weight excluding hydrogens is 396 g/mol. The van der Waals surface area contributed by atoms with E-state index >= 15 is 0 Å². The highest BCUT2D eigenvalue weighted by Crippen LogP contribution is 2.52. The minimum atomic E-state index is -3.50. The lowest BCUT2D eigenvalue weighted by molar-refractivity contribution is 0.404. The Morgan fingerprint density at radius 2 is 1.87 bits per heavy atom. The molecule has 3 atom stereocenters. The first-order valence-electron chi connectivity index (χ1n) is 10.1. The van der Waals surface area contributed by atoms with E-state index in [2.05, 4.69) is 23.5 Å². The second kappa shape index (κ2) is 6.86. The number of rotatable bonds is 3. The molecule has 2 N–H and O–H groups in total. The van der Waals surface area contributed by atoms with E-state index in [1.165, 1.54) is 4.31 Å². The molecular formula is C24H24N2O3S. The Labute approximate surface area is 176 Å². The number of phenolic OH excluding ortho intramolecular Hbond substituents is 1. The number of hydrogen-bond donors (Lipinski definition) is 2. The maximum absolute atomic E-state index is 12.6. The normalized spacial score (nSPS) is 22.7. The molecule has 0 radical (unpaired) electrons. The van der Waals surface area contributed by atoms with E-state index < -0.39 is 10.0 Å². The highest BCUT2D eigenvalue weighted by molar-refractivity contribution is 7.89. The Morgan fingerprint density at radius 3 is 2.67 bits per heavy atom. The molecule has 6 heteroatoms. The minimum Gasteiger partial charge on any atom is -0.508 e. The standard InChI is InChI=1S/C24H24N2O3S/c1-26(2)30(28,29)16-11-12-21-20(14-16)18-8-5-9-19(18)24(25-21)23-17-7-4-3-6-15(17)10-13-22(23)27/h3-8,10-14,18-19,24-25,27H,9H2,1-2H3. The summed E-state index contributed by atoms with van der Waals surface area (Å²) in [6, 6.07) is 17.0. The molecule has 3 unspecified atom stereocenters. The fourth-order valence-electron chi connectivity index (χ4n) is 4.84. The number of fused-ring (bicyclic) bond motifs is 4. The van der Waals surface area contributed by atoms with Gasteiger partial charge in [0.25, 0.3) is 0 Å². The molecule has 1 aliphatic heterocycles. The van der Waals surface area contributed by atoms with Crippen LogP contribution >= 0.6 is 0 Å². The molecule has 0 fully saturated rings. The van der Waals surface area contributed by atoms with Crippen molar-refractivity contribution in [2.24, 2.45) is 5.92 Å². The third-order valence-corrected chi connectivity index (χ3v) is 8.18. The number of hydrogen-bond acceptors (Lipinski definition) is 4. The fraction of sp³-hybridized carbons (Fsp3) is 0.250. The van der Waals surface area contributed by atoms with Crippen LogP contribution in [0.4, 0.5) is 5.69 Å². The summed E-state index contributed by atoms with van der Waals surface area (Å²) in [4.78, 5) is 0.304. The zero-order chi connectivity index (χ0) is 21.0. The summed E-state index contributed by atoms with van der Waals surface area (Å²) in [6.07, 6.45) is 5.20. The van der Waals surface area contributed by atoms with E-state index in [-0.39, 0.29) is 23.6 Å². The Hall–Kier alpha value is -2.83. The monoisotopic (exact) mass is 420 g/mol. The van der Waals surface area contributed by atoms with E-state index in [0.717, 1.165) is 34.0 Å². The van der Waals surface area contributed by atoms with Gasteiger partial charge in [-0.3, -0.25) is 0 Å². The Bertz CT molecular complexity index is 1280. The van der Waals surface area contributed by atoms with Crippen LogP contribution < -0.4 is 5.32 Å². The molecule has 0 aromatic heterocycles. The average molecular weight is 421 g/mol. The molecule has 154 valence electrons. The minimum absolute atomic E-state index is 0.0695. The summed E-state index contributed by atoms with van der Waals surface area (Å²) in [5.41, 5.74) is 2.81. The van der Waals surface area contributed by atoms with E-state index in [0.29, 0.717) is 4.90 Å². The average Bonchev–Trinajstić information content (AvgIpc) is 3.23. The summed E-state index contributed by atoms with van der Waals surface area (Å²) >= 11 is 0. The van der Waals surface area contributed by atoms with Crippen molar-refractivity contribution in [2.75, 3.05) is 19.4 Å². The highest BCUT2D eigenvalue weighted by atomic mass is 32.2. The molecule has 0 bridgehead atoms. The van der Waals surface area contributed by atoms with Gasteiger partial charge in [0.2, 0.25) is 10.0 Å². The molecule has 0 spiro atoms. The van der Waals surface area contributed by atoms with Crippen molar-refractivity contribution in [1.82, 2.24) is 4.31 Å². The Balaban J connectivity index is 1.65. The lowest BCUT2D eigenvalue weighted by Crippen LogP contribution is -2.30. The Morgan fingerprint density at radius 1 is 1.07 bits per heavy atom.